The van der Waals surface area contributed by atoms with Crippen LogP contribution in [-0.2, 0) is 60.7 Å². The van der Waals surface area contributed by atoms with Gasteiger partial charge in [0.2, 0.25) is 0 Å². The first kappa shape index (κ1) is 62.9. The highest BCUT2D eigenvalue weighted by molar-refractivity contribution is 7.90. The highest BCUT2D eigenvalue weighted by Gasteiger charge is 2.33. The van der Waals surface area contributed by atoms with Crippen molar-refractivity contribution in [1.29, 1.82) is 0 Å². The van der Waals surface area contributed by atoms with Gasteiger partial charge in [0.25, 0.3) is 84.3 Å². The molecule has 0 radical (unpaired) electrons. The zero-order valence-corrected chi connectivity index (χ0v) is 48.2. The summed E-state index contributed by atoms with van der Waals surface area (Å²) in [6.45, 7) is 3.10. The van der Waals surface area contributed by atoms with Crippen LogP contribution in [0.2, 0.25) is 0 Å². The first-order valence-corrected chi connectivity index (χ1v) is 32.2. The summed E-state index contributed by atoms with van der Waals surface area (Å²) in [6.07, 6.45) is 0. The summed E-state index contributed by atoms with van der Waals surface area (Å²) >= 11 is 0. The smallest absolute Gasteiger partial charge is 0.322 e. The lowest BCUT2D eigenvalue weighted by Gasteiger charge is -2.16. The van der Waals surface area contributed by atoms with Gasteiger partial charge >= 0.3 is 6.03 Å². The van der Waals surface area contributed by atoms with E-state index in [0.29, 0.717) is 35.4 Å². The molecule has 12 N–H and O–H groups in total. The number of fused-ring (bicyclic) bond motifs is 2. The molecule has 0 bridgehead atoms. The predicted octanol–water partition coefficient (Wildman–Crippen LogP) is 6.74. The molecule has 0 heterocycles. The van der Waals surface area contributed by atoms with Crippen LogP contribution in [0.3, 0.4) is 0 Å². The van der Waals surface area contributed by atoms with E-state index in [4.69, 9.17) is 0 Å². The highest BCUT2D eigenvalue weighted by Crippen LogP contribution is 2.40. The minimum Gasteiger partial charge on any atom is -0.322 e. The fraction of sp³-hybridized carbons (Fsp3) is 0.0392. The monoisotopic (exact) mass is 1300 g/mol. The number of hydrogen-bond donors (Lipinski definition) is 12. The molecular formula is C51H40N6O23S6. The van der Waals surface area contributed by atoms with E-state index in [2.05, 4.69) is 31.9 Å². The number of hydrogen-bond acceptors (Lipinski definition) is 17. The van der Waals surface area contributed by atoms with Crippen molar-refractivity contribution in [2.24, 2.45) is 0 Å². The molecule has 8 aromatic rings. The maximum Gasteiger partial charge on any atom is 0.323 e. The number of carbonyl (C=O) groups excluding carboxylic acids is 5. The van der Waals surface area contributed by atoms with Gasteiger partial charge in [-0.25, -0.2) is 4.79 Å². The van der Waals surface area contributed by atoms with E-state index in [-0.39, 0.29) is 45.0 Å². The topological polar surface area (TPSA) is 484 Å². The number of aryl methyl sites for hydroxylation is 2. The predicted molar refractivity (Wildman–Crippen MR) is 306 cm³/mol. The van der Waals surface area contributed by atoms with Crippen LogP contribution in [0.15, 0.2) is 163 Å². The van der Waals surface area contributed by atoms with Gasteiger partial charge in [-0.1, -0.05) is 36.4 Å². The molecule has 0 saturated heterocycles. The molecule has 0 spiro atoms. The van der Waals surface area contributed by atoms with Gasteiger partial charge < -0.3 is 31.9 Å². The average molecular weight is 1300 g/mol. The SMILES string of the molecule is Cc1ccc(C(=O)Nc2ccc(S(=O)(=O)O)c3ccc(S(=O)(=O)O)c(S(=O)(=O)O)c23)cc1NC(=O)c1cccc(NC(=O)Nc2cccc(C(=O)Nc3cc(C(=O)Nc4ccc(S(=O)(=O)O)c5ccc(S(=O)(=O)O)c(S(=O)(=O)O)c45)ccc3C)c2)c1. The molecule has 35 heteroatoms. The Morgan fingerprint density at radius 2 is 0.616 bits per heavy atom. The van der Waals surface area contributed by atoms with Gasteiger partial charge in [0.05, 0.1) is 11.4 Å². The lowest BCUT2D eigenvalue weighted by Crippen LogP contribution is -2.21. The molecule has 8 rings (SSSR count). The molecule has 29 nitrogen and oxygen atoms in total. The molecule has 6 amide bonds. The number of carbonyl (C=O) groups is 5. The zero-order chi connectivity index (χ0) is 63.4. The molecule has 8 aromatic carbocycles. The van der Waals surface area contributed by atoms with Gasteiger partial charge in [-0.15, -0.1) is 0 Å². The average Bonchev–Trinajstić information content (AvgIpc) is 0.785. The quantitative estimate of drug-likeness (QED) is 0.0445. The van der Waals surface area contributed by atoms with Crippen molar-refractivity contribution in [3.05, 3.63) is 167 Å². The van der Waals surface area contributed by atoms with E-state index in [1.807, 2.05) is 0 Å². The van der Waals surface area contributed by atoms with Gasteiger partial charge in [0, 0.05) is 66.5 Å². The van der Waals surface area contributed by atoms with Crippen LogP contribution < -0.4 is 31.9 Å². The minimum absolute atomic E-state index is 0.0336. The molecule has 0 aliphatic heterocycles. The van der Waals surface area contributed by atoms with E-state index in [0.717, 1.165) is 24.3 Å². The van der Waals surface area contributed by atoms with Crippen molar-refractivity contribution in [1.82, 2.24) is 0 Å². The van der Waals surface area contributed by atoms with Gasteiger partial charge in [0.1, 0.15) is 29.4 Å². The van der Waals surface area contributed by atoms with Crippen LogP contribution in [-0.4, -0.2) is 107 Å². The number of anilines is 6. The Kier molecular flexibility index (Phi) is 16.9. The van der Waals surface area contributed by atoms with Crippen molar-refractivity contribution < 1.29 is 102 Å². The van der Waals surface area contributed by atoms with Crippen LogP contribution in [0, 0.1) is 13.8 Å². The number of nitrogens with one attached hydrogen (secondary N) is 6. The molecule has 86 heavy (non-hydrogen) atoms. The Morgan fingerprint density at radius 3 is 0.930 bits per heavy atom. The molecule has 0 atom stereocenters. The molecule has 0 aliphatic carbocycles. The fourth-order valence-electron chi connectivity index (χ4n) is 8.66. The highest BCUT2D eigenvalue weighted by atomic mass is 32.2. The molecule has 0 fully saturated rings. The Balaban J connectivity index is 0.953. The summed E-state index contributed by atoms with van der Waals surface area (Å²) in [4.78, 5) is 60.1. The summed E-state index contributed by atoms with van der Waals surface area (Å²) in [5, 5.41) is 11.6. The van der Waals surface area contributed by atoms with Crippen molar-refractivity contribution in [2.75, 3.05) is 31.9 Å². The Bertz CT molecular complexity index is 4710. The van der Waals surface area contributed by atoms with Crippen LogP contribution in [0.5, 0.6) is 0 Å². The largest absolute Gasteiger partial charge is 0.323 e. The molecular weight excluding hydrogens is 1260 g/mol. The van der Waals surface area contributed by atoms with E-state index in [1.165, 1.54) is 84.9 Å². The fourth-order valence-corrected chi connectivity index (χ4v) is 14.0. The molecule has 0 aliphatic rings. The number of benzene rings is 8. The second-order valence-electron chi connectivity index (χ2n) is 18.3. The Morgan fingerprint density at radius 1 is 0.314 bits per heavy atom. The molecule has 448 valence electrons. The third kappa shape index (κ3) is 13.7. The summed E-state index contributed by atoms with van der Waals surface area (Å²) in [5.41, 5.74) is -0.750. The summed E-state index contributed by atoms with van der Waals surface area (Å²) in [5.74, 6) is -3.68. The molecule has 0 saturated carbocycles. The Hall–Kier alpha value is -9.11. The van der Waals surface area contributed by atoms with Crippen LogP contribution in [0.1, 0.15) is 52.6 Å². The maximum atomic E-state index is 13.7. The minimum atomic E-state index is -5.64. The molecule has 0 aromatic heterocycles. The van der Waals surface area contributed by atoms with E-state index in [1.54, 1.807) is 13.8 Å². The van der Waals surface area contributed by atoms with Crippen molar-refractivity contribution in [3.8, 4) is 0 Å². The van der Waals surface area contributed by atoms with Crippen molar-refractivity contribution in [2.45, 2.75) is 43.2 Å². The van der Waals surface area contributed by atoms with Crippen LogP contribution in [0.4, 0.5) is 38.9 Å². The van der Waals surface area contributed by atoms with Crippen molar-refractivity contribution in [3.63, 3.8) is 0 Å². The van der Waals surface area contributed by atoms with Crippen LogP contribution in [0.25, 0.3) is 21.5 Å². The third-order valence-electron chi connectivity index (χ3n) is 12.5. The zero-order valence-electron chi connectivity index (χ0n) is 43.3. The van der Waals surface area contributed by atoms with E-state index in [9.17, 15) is 102 Å². The molecule has 0 unspecified atom stereocenters. The van der Waals surface area contributed by atoms with Gasteiger partial charge in [0.15, 0.2) is 0 Å². The summed E-state index contributed by atoms with van der Waals surface area (Å²) < 4.78 is 207. The Labute approximate surface area is 487 Å². The normalized spacial score (nSPS) is 12.3. The lowest BCUT2D eigenvalue weighted by molar-refractivity contribution is 0.101. The number of urea groups is 1. The summed E-state index contributed by atoms with van der Waals surface area (Å²) in [7, 11) is -32.5. The second kappa shape index (κ2) is 23.0. The standard InChI is InChI=1S/C51H40N6O23S6/c1-25-9-11-29(49(60)54-35-15-19-39(81(63,64)65)33-13-17-41(83(69,70)71)45(43(33)35)85(75,76)77)23-37(25)56-47(58)27-5-3-7-31(21-27)52-51(62)53-32-8-4-6-28(22-32)48(59)57-38-24-30(12-10-26(38)2)50(61)55-36-16-20-40(82(66,67)68)34-14-18-42(84(72,73)74)46(44(34)36)86(78,79)80/h3-24H,1-2H3,(H,54,60)(H,55,61)(H,56,58)(H,57,59)(H2,52,53,62)(H,63,64,65)(H,66,67,68)(H,69,70,71)(H,72,73,74)(H,75,76,77)(H,78,79,80). The van der Waals surface area contributed by atoms with E-state index >= 15 is 0 Å². The number of rotatable bonds is 16. The van der Waals surface area contributed by atoms with Crippen molar-refractivity contribution >= 4 is 146 Å². The third-order valence-corrected chi connectivity index (χ3v) is 18.3. The first-order valence-electron chi connectivity index (χ1n) is 23.6. The second-order valence-corrected chi connectivity index (χ2v) is 26.6. The first-order chi connectivity index (χ1) is 39.8. The maximum absolute atomic E-state index is 13.7. The van der Waals surface area contributed by atoms with Crippen LogP contribution >= 0.6 is 0 Å². The van der Waals surface area contributed by atoms with E-state index < -0.39 is 153 Å². The number of amides is 6. The van der Waals surface area contributed by atoms with Gasteiger partial charge in [-0.05, 0) is 122 Å². The van der Waals surface area contributed by atoms with Gasteiger partial charge in [-0.3, -0.25) is 46.5 Å². The lowest BCUT2D eigenvalue weighted by atomic mass is 10.1. The van der Waals surface area contributed by atoms with Gasteiger partial charge in [-0.2, -0.15) is 50.5 Å². The summed E-state index contributed by atoms with van der Waals surface area (Å²) in [6, 6.07) is 23.1.